The molecule has 3 aromatic rings. The minimum Gasteiger partial charge on any atom is -0.494 e. The summed E-state index contributed by atoms with van der Waals surface area (Å²) in [5.41, 5.74) is 4.43. The SMILES string of the molecule is CCOc1ccc(N2C(=O)C3C(c4ccc(OC)c(OC)c4OC)NN(C(=O)c4cccc(Br)c4)C3C2=O)cc1. The van der Waals surface area contributed by atoms with E-state index < -0.39 is 35.7 Å². The molecule has 11 heteroatoms. The number of rotatable bonds is 8. The van der Waals surface area contributed by atoms with Crippen LogP contribution in [-0.2, 0) is 9.59 Å². The van der Waals surface area contributed by atoms with Gasteiger partial charge >= 0.3 is 0 Å². The van der Waals surface area contributed by atoms with Gasteiger partial charge < -0.3 is 18.9 Å². The van der Waals surface area contributed by atoms with E-state index in [-0.39, 0.29) is 0 Å². The lowest BCUT2D eigenvalue weighted by atomic mass is 9.90. The van der Waals surface area contributed by atoms with E-state index >= 15 is 0 Å². The van der Waals surface area contributed by atoms with Crippen molar-refractivity contribution in [2.75, 3.05) is 32.8 Å². The Kier molecular flexibility index (Phi) is 7.68. The summed E-state index contributed by atoms with van der Waals surface area (Å²) in [6, 6.07) is 15.1. The molecule has 0 spiro atoms. The van der Waals surface area contributed by atoms with E-state index in [1.807, 2.05) is 6.92 Å². The number of hydrogen-bond acceptors (Lipinski definition) is 8. The van der Waals surface area contributed by atoms with E-state index in [1.165, 1.54) is 26.3 Å². The quantitative estimate of drug-likeness (QED) is 0.380. The van der Waals surface area contributed by atoms with Gasteiger partial charge in [-0.15, -0.1) is 0 Å². The van der Waals surface area contributed by atoms with E-state index in [0.29, 0.717) is 50.9 Å². The number of benzene rings is 3. The number of ether oxygens (including phenoxy) is 4. The molecule has 0 bridgehead atoms. The van der Waals surface area contributed by atoms with Crippen molar-refractivity contribution < 1.29 is 33.3 Å². The van der Waals surface area contributed by atoms with Crippen molar-refractivity contribution in [1.29, 1.82) is 0 Å². The van der Waals surface area contributed by atoms with E-state index in [0.717, 1.165) is 4.90 Å². The molecule has 5 rings (SSSR count). The van der Waals surface area contributed by atoms with Gasteiger partial charge in [-0.3, -0.25) is 19.4 Å². The van der Waals surface area contributed by atoms with Crippen LogP contribution in [0.25, 0.3) is 0 Å². The lowest BCUT2D eigenvalue weighted by Gasteiger charge is -2.26. The van der Waals surface area contributed by atoms with Crippen LogP contribution < -0.4 is 29.3 Å². The first kappa shape index (κ1) is 27.5. The number of fused-ring (bicyclic) bond motifs is 1. The van der Waals surface area contributed by atoms with Crippen molar-refractivity contribution in [1.82, 2.24) is 10.4 Å². The fourth-order valence-electron chi connectivity index (χ4n) is 5.28. The Labute approximate surface area is 239 Å². The number of halogens is 1. The Morgan fingerprint density at radius 1 is 0.925 bits per heavy atom. The summed E-state index contributed by atoms with van der Waals surface area (Å²) < 4.78 is 22.9. The Morgan fingerprint density at radius 3 is 2.27 bits per heavy atom. The third-order valence-electron chi connectivity index (χ3n) is 7.00. The molecule has 3 aromatic carbocycles. The number of nitrogens with one attached hydrogen (secondary N) is 1. The topological polar surface area (TPSA) is 107 Å². The van der Waals surface area contributed by atoms with Crippen molar-refractivity contribution in [3.63, 3.8) is 0 Å². The van der Waals surface area contributed by atoms with Crippen LogP contribution in [0.15, 0.2) is 65.1 Å². The molecule has 2 fully saturated rings. The lowest BCUT2D eigenvalue weighted by molar-refractivity contribution is -0.123. The van der Waals surface area contributed by atoms with Crippen LogP contribution in [0.2, 0.25) is 0 Å². The Bertz CT molecular complexity index is 1460. The normalized spacial score (nSPS) is 20.0. The highest BCUT2D eigenvalue weighted by atomic mass is 79.9. The molecular weight excluding hydrogens is 582 g/mol. The zero-order valence-electron chi connectivity index (χ0n) is 22.3. The number of imide groups is 1. The highest BCUT2D eigenvalue weighted by molar-refractivity contribution is 9.10. The van der Waals surface area contributed by atoms with Crippen molar-refractivity contribution >= 4 is 39.3 Å². The Balaban J connectivity index is 1.61. The summed E-state index contributed by atoms with van der Waals surface area (Å²) in [7, 11) is 4.47. The third-order valence-corrected chi connectivity index (χ3v) is 7.49. The molecule has 2 aliphatic heterocycles. The molecule has 2 saturated heterocycles. The predicted octanol–water partition coefficient (Wildman–Crippen LogP) is 4.13. The van der Waals surface area contributed by atoms with Crippen LogP contribution in [0.5, 0.6) is 23.0 Å². The van der Waals surface area contributed by atoms with Crippen LogP contribution in [0.4, 0.5) is 5.69 Å². The smallest absolute Gasteiger partial charge is 0.268 e. The lowest BCUT2D eigenvalue weighted by Crippen LogP contribution is -2.48. The number of carbonyl (C=O) groups is 3. The molecule has 2 aliphatic rings. The molecule has 2 heterocycles. The van der Waals surface area contributed by atoms with Gasteiger partial charge in [-0.2, -0.15) is 0 Å². The molecular formula is C29H28BrN3O7. The number of hydrazine groups is 1. The van der Waals surface area contributed by atoms with Crippen LogP contribution >= 0.6 is 15.9 Å². The standard InChI is InChI=1S/C29H28BrN3O7/c1-5-40-19-11-9-18(10-12-19)32-28(35)22-23(20-13-14-21(37-2)26(39-4)25(20)38-3)31-33(24(22)29(32)36)27(34)16-7-6-8-17(30)15-16/h6-15,22-24,31H,5H2,1-4H3. The fraction of sp³-hybridized carbons (Fsp3) is 0.276. The highest BCUT2D eigenvalue weighted by Gasteiger charge is 2.61. The van der Waals surface area contributed by atoms with E-state index in [2.05, 4.69) is 21.4 Å². The summed E-state index contributed by atoms with van der Waals surface area (Å²) >= 11 is 3.40. The Hall–Kier alpha value is -4.09. The zero-order valence-corrected chi connectivity index (χ0v) is 23.9. The summed E-state index contributed by atoms with van der Waals surface area (Å²) in [6.45, 7) is 2.35. The van der Waals surface area contributed by atoms with Crippen molar-refractivity contribution in [3.8, 4) is 23.0 Å². The van der Waals surface area contributed by atoms with Crippen LogP contribution in [0.3, 0.4) is 0 Å². The van der Waals surface area contributed by atoms with Gasteiger partial charge in [-0.05, 0) is 61.5 Å². The van der Waals surface area contributed by atoms with Crippen LogP contribution in [-0.4, -0.2) is 56.7 Å². The third kappa shape index (κ3) is 4.54. The first-order chi connectivity index (χ1) is 19.3. The van der Waals surface area contributed by atoms with Gasteiger partial charge in [-0.25, -0.2) is 10.3 Å². The molecule has 3 amide bonds. The summed E-state index contributed by atoms with van der Waals surface area (Å²) in [6.07, 6.45) is 0. The average molecular weight is 610 g/mol. The first-order valence-electron chi connectivity index (χ1n) is 12.6. The second-order valence-electron chi connectivity index (χ2n) is 9.13. The van der Waals surface area contributed by atoms with Crippen molar-refractivity contribution in [3.05, 3.63) is 76.3 Å². The monoisotopic (exact) mass is 609 g/mol. The maximum Gasteiger partial charge on any atom is 0.268 e. The minimum atomic E-state index is -1.10. The Morgan fingerprint density at radius 2 is 1.65 bits per heavy atom. The van der Waals surface area contributed by atoms with Gasteiger partial charge in [0.25, 0.3) is 11.8 Å². The molecule has 0 radical (unpaired) electrons. The van der Waals surface area contributed by atoms with Gasteiger partial charge in [0, 0.05) is 15.6 Å². The molecule has 3 unspecified atom stereocenters. The summed E-state index contributed by atoms with van der Waals surface area (Å²) in [4.78, 5) is 42.9. The molecule has 0 aromatic heterocycles. The molecule has 40 heavy (non-hydrogen) atoms. The number of carbonyl (C=O) groups excluding carboxylic acids is 3. The molecule has 3 atom stereocenters. The maximum atomic E-state index is 14.0. The number of methoxy groups -OCH3 is 3. The number of hydrogen-bond donors (Lipinski definition) is 1. The van der Waals surface area contributed by atoms with E-state index in [9.17, 15) is 14.4 Å². The first-order valence-corrected chi connectivity index (χ1v) is 13.4. The van der Waals surface area contributed by atoms with Gasteiger partial charge in [0.05, 0.1) is 45.6 Å². The molecule has 0 aliphatic carbocycles. The van der Waals surface area contributed by atoms with Crippen molar-refractivity contribution in [2.24, 2.45) is 5.92 Å². The van der Waals surface area contributed by atoms with Gasteiger partial charge in [0.15, 0.2) is 11.5 Å². The molecule has 10 nitrogen and oxygen atoms in total. The number of anilines is 1. The minimum absolute atomic E-state index is 0.328. The second-order valence-corrected chi connectivity index (χ2v) is 10.0. The molecule has 1 N–H and O–H groups in total. The largest absolute Gasteiger partial charge is 0.494 e. The predicted molar refractivity (Wildman–Crippen MR) is 150 cm³/mol. The fourth-order valence-corrected chi connectivity index (χ4v) is 5.67. The molecule has 0 saturated carbocycles. The van der Waals surface area contributed by atoms with Gasteiger partial charge in [-0.1, -0.05) is 22.0 Å². The summed E-state index contributed by atoms with van der Waals surface area (Å²) in [5.74, 6) is -0.645. The van der Waals surface area contributed by atoms with E-state index in [1.54, 1.807) is 60.7 Å². The summed E-state index contributed by atoms with van der Waals surface area (Å²) in [5, 5.41) is 1.25. The number of amides is 3. The van der Waals surface area contributed by atoms with Crippen LogP contribution in [0, 0.1) is 5.92 Å². The maximum absolute atomic E-state index is 14.0. The van der Waals surface area contributed by atoms with Crippen LogP contribution in [0.1, 0.15) is 28.9 Å². The molecule has 208 valence electrons. The van der Waals surface area contributed by atoms with Crippen molar-refractivity contribution in [2.45, 2.75) is 19.0 Å². The van der Waals surface area contributed by atoms with E-state index in [4.69, 9.17) is 18.9 Å². The second kappa shape index (κ2) is 11.2. The average Bonchev–Trinajstić information content (AvgIpc) is 3.48. The van der Waals surface area contributed by atoms with Gasteiger partial charge in [0.2, 0.25) is 11.7 Å². The van der Waals surface area contributed by atoms with Gasteiger partial charge in [0.1, 0.15) is 11.8 Å². The number of nitrogens with zero attached hydrogens (tertiary/aromatic N) is 2. The zero-order chi connectivity index (χ0) is 28.6. The highest BCUT2D eigenvalue weighted by Crippen LogP contribution is 2.49.